The third-order valence-corrected chi connectivity index (χ3v) is 4.28. The van der Waals surface area contributed by atoms with Crippen LogP contribution in [0.5, 0.6) is 11.5 Å². The standard InChI is InChI=1S/C20H21NO5/c1-2-14-4-7-16(8-5-14)25-11-3-10-21-17-12-15(20(23)24)6-9-18(17)26-13-19(21)22/h4-9,12H,2-3,10-11,13H2,1H3,(H,23,24). The molecule has 0 saturated carbocycles. The number of benzene rings is 2. The highest BCUT2D eigenvalue weighted by atomic mass is 16.5. The van der Waals surface area contributed by atoms with Crippen molar-refractivity contribution in [3.05, 3.63) is 53.6 Å². The highest BCUT2D eigenvalue weighted by Crippen LogP contribution is 2.33. The van der Waals surface area contributed by atoms with E-state index in [1.54, 1.807) is 11.0 Å². The highest BCUT2D eigenvalue weighted by Gasteiger charge is 2.26. The molecule has 0 spiro atoms. The third kappa shape index (κ3) is 3.96. The SMILES string of the molecule is CCc1ccc(OCCCN2C(=O)COc3ccc(C(=O)O)cc32)cc1. The lowest BCUT2D eigenvalue weighted by Crippen LogP contribution is -2.40. The Kier molecular flexibility index (Phi) is 5.41. The minimum atomic E-state index is -1.04. The normalized spacial score (nSPS) is 13.1. The molecule has 2 aromatic rings. The first-order valence-electron chi connectivity index (χ1n) is 8.60. The molecule has 1 N–H and O–H groups in total. The summed E-state index contributed by atoms with van der Waals surface area (Å²) in [5, 5.41) is 9.15. The van der Waals surface area contributed by atoms with E-state index in [1.165, 1.54) is 17.7 Å². The van der Waals surface area contributed by atoms with E-state index in [-0.39, 0.29) is 18.1 Å². The molecule has 6 heteroatoms. The quantitative estimate of drug-likeness (QED) is 0.772. The number of carbonyl (C=O) groups excluding carboxylic acids is 1. The maximum atomic E-state index is 12.2. The lowest BCUT2D eigenvalue weighted by atomic mass is 10.1. The molecule has 6 nitrogen and oxygen atoms in total. The van der Waals surface area contributed by atoms with Gasteiger partial charge in [-0.2, -0.15) is 0 Å². The van der Waals surface area contributed by atoms with Gasteiger partial charge in [0.15, 0.2) is 6.61 Å². The van der Waals surface area contributed by atoms with Gasteiger partial charge in [0, 0.05) is 6.54 Å². The molecule has 1 heterocycles. The summed E-state index contributed by atoms with van der Waals surface area (Å²) in [6.45, 7) is 2.96. The fourth-order valence-electron chi connectivity index (χ4n) is 2.81. The fourth-order valence-corrected chi connectivity index (χ4v) is 2.81. The van der Waals surface area contributed by atoms with Crippen LogP contribution in [0.1, 0.15) is 29.3 Å². The molecule has 0 bridgehead atoms. The number of ether oxygens (including phenoxy) is 2. The van der Waals surface area contributed by atoms with E-state index in [2.05, 4.69) is 6.92 Å². The van der Waals surface area contributed by atoms with Crippen molar-refractivity contribution in [2.45, 2.75) is 19.8 Å². The summed E-state index contributed by atoms with van der Waals surface area (Å²) >= 11 is 0. The van der Waals surface area contributed by atoms with Crippen molar-refractivity contribution in [2.24, 2.45) is 0 Å². The maximum Gasteiger partial charge on any atom is 0.335 e. The van der Waals surface area contributed by atoms with Crippen LogP contribution in [0.25, 0.3) is 0 Å². The average molecular weight is 355 g/mol. The van der Waals surface area contributed by atoms with Crippen molar-refractivity contribution < 1.29 is 24.2 Å². The number of fused-ring (bicyclic) bond motifs is 1. The van der Waals surface area contributed by atoms with Gasteiger partial charge in [-0.1, -0.05) is 19.1 Å². The molecular formula is C20H21NO5. The number of carbonyl (C=O) groups is 2. The molecule has 2 aromatic carbocycles. The molecule has 26 heavy (non-hydrogen) atoms. The van der Waals surface area contributed by atoms with Crippen molar-refractivity contribution in [3.63, 3.8) is 0 Å². The Morgan fingerprint density at radius 1 is 1.23 bits per heavy atom. The summed E-state index contributed by atoms with van der Waals surface area (Å²) in [5.74, 6) is 0.0895. The highest BCUT2D eigenvalue weighted by molar-refractivity contribution is 5.99. The van der Waals surface area contributed by atoms with Crippen LogP contribution in [0.4, 0.5) is 5.69 Å². The number of hydrogen-bond acceptors (Lipinski definition) is 4. The van der Waals surface area contributed by atoms with Crippen LogP contribution in [-0.2, 0) is 11.2 Å². The van der Waals surface area contributed by atoms with Crippen molar-refractivity contribution in [1.82, 2.24) is 0 Å². The average Bonchev–Trinajstić information content (AvgIpc) is 2.66. The third-order valence-electron chi connectivity index (χ3n) is 4.28. The molecule has 0 fully saturated rings. The van der Waals surface area contributed by atoms with Gasteiger partial charge in [-0.3, -0.25) is 4.79 Å². The van der Waals surface area contributed by atoms with Crippen LogP contribution in [0, 0.1) is 0 Å². The van der Waals surface area contributed by atoms with Gasteiger partial charge in [0.05, 0.1) is 17.9 Å². The summed E-state index contributed by atoms with van der Waals surface area (Å²) in [4.78, 5) is 24.9. The van der Waals surface area contributed by atoms with E-state index in [1.807, 2.05) is 24.3 Å². The fraction of sp³-hybridized carbons (Fsp3) is 0.300. The van der Waals surface area contributed by atoms with E-state index in [0.717, 1.165) is 12.2 Å². The lowest BCUT2D eigenvalue weighted by Gasteiger charge is -2.29. The van der Waals surface area contributed by atoms with Gasteiger partial charge < -0.3 is 19.5 Å². The molecule has 1 amide bonds. The van der Waals surface area contributed by atoms with Gasteiger partial charge in [-0.05, 0) is 48.7 Å². The summed E-state index contributed by atoms with van der Waals surface area (Å²) in [6, 6.07) is 12.5. The zero-order valence-corrected chi connectivity index (χ0v) is 14.6. The van der Waals surface area contributed by atoms with Gasteiger partial charge in [0.2, 0.25) is 0 Å². The number of aromatic carboxylic acids is 1. The van der Waals surface area contributed by atoms with Crippen molar-refractivity contribution in [2.75, 3.05) is 24.7 Å². The number of aryl methyl sites for hydroxylation is 1. The summed E-state index contributed by atoms with van der Waals surface area (Å²) < 4.78 is 11.1. The molecule has 136 valence electrons. The second kappa shape index (κ2) is 7.91. The predicted octanol–water partition coefficient (Wildman–Crippen LogP) is 3.14. The van der Waals surface area contributed by atoms with E-state index in [0.29, 0.717) is 31.0 Å². The largest absolute Gasteiger partial charge is 0.494 e. The molecule has 0 radical (unpaired) electrons. The number of nitrogens with zero attached hydrogens (tertiary/aromatic N) is 1. The molecule has 0 unspecified atom stereocenters. The monoisotopic (exact) mass is 355 g/mol. The Labute approximate surface area is 152 Å². The Bertz CT molecular complexity index is 800. The van der Waals surface area contributed by atoms with Gasteiger partial charge in [0.1, 0.15) is 11.5 Å². The number of carboxylic acid groups (broad SMARTS) is 1. The summed E-state index contributed by atoms with van der Waals surface area (Å²) in [6.07, 6.45) is 1.61. The van der Waals surface area contributed by atoms with E-state index < -0.39 is 5.97 Å². The second-order valence-electron chi connectivity index (χ2n) is 6.02. The Morgan fingerprint density at radius 3 is 2.69 bits per heavy atom. The summed E-state index contributed by atoms with van der Waals surface area (Å²) in [7, 11) is 0. The number of anilines is 1. The van der Waals surface area contributed by atoms with Gasteiger partial charge in [-0.15, -0.1) is 0 Å². The Hall–Kier alpha value is -3.02. The van der Waals surface area contributed by atoms with Gasteiger partial charge in [-0.25, -0.2) is 4.79 Å². The van der Waals surface area contributed by atoms with Crippen LogP contribution < -0.4 is 14.4 Å². The number of hydrogen-bond donors (Lipinski definition) is 1. The first-order valence-corrected chi connectivity index (χ1v) is 8.60. The van der Waals surface area contributed by atoms with Crippen LogP contribution in [0.3, 0.4) is 0 Å². The minimum Gasteiger partial charge on any atom is -0.494 e. The van der Waals surface area contributed by atoms with Gasteiger partial charge in [0.25, 0.3) is 5.91 Å². The van der Waals surface area contributed by atoms with Crippen LogP contribution in [-0.4, -0.2) is 36.7 Å². The topological polar surface area (TPSA) is 76.1 Å². The Balaban J connectivity index is 1.61. The van der Waals surface area contributed by atoms with Crippen molar-refractivity contribution in [3.8, 4) is 11.5 Å². The van der Waals surface area contributed by atoms with Crippen molar-refractivity contribution in [1.29, 1.82) is 0 Å². The van der Waals surface area contributed by atoms with E-state index in [4.69, 9.17) is 14.6 Å². The first-order chi connectivity index (χ1) is 12.6. The van der Waals surface area contributed by atoms with Gasteiger partial charge >= 0.3 is 5.97 Å². The zero-order chi connectivity index (χ0) is 18.5. The molecule has 1 aliphatic rings. The van der Waals surface area contributed by atoms with Crippen LogP contribution in [0.2, 0.25) is 0 Å². The van der Waals surface area contributed by atoms with E-state index >= 15 is 0 Å². The second-order valence-corrected chi connectivity index (χ2v) is 6.02. The molecular weight excluding hydrogens is 334 g/mol. The number of carboxylic acids is 1. The Morgan fingerprint density at radius 2 is 2.00 bits per heavy atom. The molecule has 1 aliphatic heterocycles. The molecule has 0 atom stereocenters. The minimum absolute atomic E-state index is 0.0429. The van der Waals surface area contributed by atoms with Crippen molar-refractivity contribution >= 4 is 17.6 Å². The number of rotatable bonds is 7. The van der Waals surface area contributed by atoms with Crippen LogP contribution in [0.15, 0.2) is 42.5 Å². The lowest BCUT2D eigenvalue weighted by molar-refractivity contribution is -0.121. The summed E-state index contributed by atoms with van der Waals surface area (Å²) in [5.41, 5.74) is 1.87. The zero-order valence-electron chi connectivity index (χ0n) is 14.6. The molecule has 0 aliphatic carbocycles. The molecule has 0 saturated heterocycles. The number of amides is 1. The molecule has 3 rings (SSSR count). The van der Waals surface area contributed by atoms with Crippen LogP contribution >= 0.6 is 0 Å². The molecule has 0 aromatic heterocycles. The smallest absolute Gasteiger partial charge is 0.335 e. The van der Waals surface area contributed by atoms with E-state index in [9.17, 15) is 9.59 Å². The maximum absolute atomic E-state index is 12.2. The predicted molar refractivity (Wildman–Crippen MR) is 97.2 cm³/mol. The first kappa shape index (κ1) is 17.8.